The topological polar surface area (TPSA) is 66.8 Å². The van der Waals surface area contributed by atoms with Crippen LogP contribution in [0.25, 0.3) is 11.1 Å². The lowest BCUT2D eigenvalue weighted by Crippen LogP contribution is -2.46. The summed E-state index contributed by atoms with van der Waals surface area (Å²) < 4.78 is 5.55. The summed E-state index contributed by atoms with van der Waals surface area (Å²) in [5.41, 5.74) is 4.58. The van der Waals surface area contributed by atoms with Gasteiger partial charge >= 0.3 is 12.1 Å². The second-order valence-corrected chi connectivity index (χ2v) is 7.08. The largest absolute Gasteiger partial charge is 0.480 e. The number of amides is 1. The molecule has 0 radical (unpaired) electrons. The predicted molar refractivity (Wildman–Crippen MR) is 104 cm³/mol. The summed E-state index contributed by atoms with van der Waals surface area (Å²) in [4.78, 5) is 25.3. The fraction of sp³-hybridized carbons (Fsp3) is 0.364. The maximum Gasteiger partial charge on any atom is 0.410 e. The van der Waals surface area contributed by atoms with Gasteiger partial charge < -0.3 is 9.84 Å². The summed E-state index contributed by atoms with van der Waals surface area (Å²) in [6.45, 7) is 3.92. The molecule has 0 spiro atoms. The lowest BCUT2D eigenvalue weighted by molar-refractivity contribution is -0.144. The van der Waals surface area contributed by atoms with Crippen molar-refractivity contribution >= 4 is 12.1 Å². The van der Waals surface area contributed by atoms with Gasteiger partial charge in [0.15, 0.2) is 0 Å². The van der Waals surface area contributed by atoms with Crippen LogP contribution in [-0.4, -0.2) is 41.8 Å². The van der Waals surface area contributed by atoms with Crippen molar-refractivity contribution in [2.24, 2.45) is 5.92 Å². The van der Waals surface area contributed by atoms with Gasteiger partial charge in [-0.1, -0.05) is 68.8 Å². The maximum absolute atomic E-state index is 12.5. The normalized spacial score (nSPS) is 14.8. The first-order chi connectivity index (χ1) is 13.0. The van der Waals surface area contributed by atoms with Crippen LogP contribution in [0.2, 0.25) is 0 Å². The van der Waals surface area contributed by atoms with Gasteiger partial charge in [0, 0.05) is 13.0 Å². The van der Waals surface area contributed by atoms with Gasteiger partial charge in [-0.15, -0.1) is 0 Å². The van der Waals surface area contributed by atoms with Crippen LogP contribution in [0.4, 0.5) is 4.79 Å². The smallest absolute Gasteiger partial charge is 0.410 e. The highest BCUT2D eigenvalue weighted by Crippen LogP contribution is 2.44. The van der Waals surface area contributed by atoms with Gasteiger partial charge in [0.05, 0.1) is 0 Å². The van der Waals surface area contributed by atoms with E-state index >= 15 is 0 Å². The van der Waals surface area contributed by atoms with Crippen LogP contribution in [0.15, 0.2) is 48.5 Å². The van der Waals surface area contributed by atoms with Gasteiger partial charge in [-0.3, -0.25) is 4.90 Å². The molecule has 2 atom stereocenters. The molecule has 0 bridgehead atoms. The van der Waals surface area contributed by atoms with Crippen molar-refractivity contribution < 1.29 is 19.4 Å². The average molecular weight is 367 g/mol. The van der Waals surface area contributed by atoms with Crippen molar-refractivity contribution in [2.45, 2.75) is 32.2 Å². The standard InChI is InChI=1S/C22H25NO4/c1-4-14(2)20(21(24)25)23(3)22(26)27-13-19-17-11-7-5-9-15(17)16-10-6-8-12-18(16)19/h5-12,14,19-20H,4,13H2,1-3H3,(H,24,25). The molecule has 5 nitrogen and oxygen atoms in total. The molecule has 2 unspecified atom stereocenters. The third-order valence-electron chi connectivity index (χ3n) is 5.48. The van der Waals surface area contributed by atoms with Gasteiger partial charge in [0.25, 0.3) is 0 Å². The van der Waals surface area contributed by atoms with E-state index in [0.717, 1.165) is 22.3 Å². The molecule has 1 amide bonds. The van der Waals surface area contributed by atoms with Crippen LogP contribution in [0.5, 0.6) is 0 Å². The minimum atomic E-state index is -1.01. The molecule has 5 heteroatoms. The highest BCUT2D eigenvalue weighted by atomic mass is 16.6. The summed E-state index contributed by atoms with van der Waals surface area (Å²) in [6, 6.07) is 15.3. The SMILES string of the molecule is CCC(C)C(C(=O)O)N(C)C(=O)OCC1c2ccccc2-c2ccccc21. The van der Waals surface area contributed by atoms with Gasteiger partial charge in [0.2, 0.25) is 0 Å². The Morgan fingerprint density at radius 3 is 2.07 bits per heavy atom. The molecule has 1 aliphatic rings. The predicted octanol–water partition coefficient (Wildman–Crippen LogP) is 4.37. The van der Waals surface area contributed by atoms with Crippen LogP contribution in [0.1, 0.15) is 37.3 Å². The summed E-state index contributed by atoms with van der Waals surface area (Å²) in [7, 11) is 1.49. The highest BCUT2D eigenvalue weighted by Gasteiger charge is 2.33. The molecule has 2 aromatic carbocycles. The summed E-state index contributed by atoms with van der Waals surface area (Å²) in [6.07, 6.45) is 0.0578. The zero-order valence-corrected chi connectivity index (χ0v) is 15.9. The van der Waals surface area contributed by atoms with Crippen LogP contribution in [0, 0.1) is 5.92 Å². The Bertz CT molecular complexity index is 802. The number of ether oxygens (including phenoxy) is 1. The Hall–Kier alpha value is -2.82. The minimum absolute atomic E-state index is 0.0402. The number of rotatable bonds is 6. The van der Waals surface area contributed by atoms with E-state index in [-0.39, 0.29) is 18.4 Å². The third-order valence-corrected chi connectivity index (χ3v) is 5.48. The zero-order chi connectivity index (χ0) is 19.6. The van der Waals surface area contributed by atoms with Gasteiger partial charge in [-0.2, -0.15) is 0 Å². The first-order valence-corrected chi connectivity index (χ1v) is 9.26. The van der Waals surface area contributed by atoms with E-state index in [2.05, 4.69) is 24.3 Å². The molecule has 0 aliphatic heterocycles. The van der Waals surface area contributed by atoms with E-state index in [1.54, 1.807) is 0 Å². The first kappa shape index (κ1) is 19.0. The van der Waals surface area contributed by atoms with Crippen LogP contribution in [0.3, 0.4) is 0 Å². The number of carbonyl (C=O) groups is 2. The van der Waals surface area contributed by atoms with Crippen LogP contribution < -0.4 is 0 Å². The van der Waals surface area contributed by atoms with Crippen LogP contribution >= 0.6 is 0 Å². The number of carboxylic acid groups (broad SMARTS) is 1. The number of likely N-dealkylation sites (N-methyl/N-ethyl adjacent to an activating group) is 1. The molecule has 1 N–H and O–H groups in total. The molecule has 142 valence electrons. The van der Waals surface area contributed by atoms with Gasteiger partial charge in [-0.25, -0.2) is 9.59 Å². The van der Waals surface area contributed by atoms with Gasteiger partial charge in [-0.05, 0) is 28.2 Å². The highest BCUT2D eigenvalue weighted by molar-refractivity contribution is 5.81. The van der Waals surface area contributed by atoms with E-state index in [0.29, 0.717) is 6.42 Å². The molecule has 0 heterocycles. The molecule has 0 fully saturated rings. The molecule has 0 saturated carbocycles. The number of hydrogen-bond donors (Lipinski definition) is 1. The Labute approximate surface area is 159 Å². The number of carbonyl (C=O) groups excluding carboxylic acids is 1. The molecule has 3 rings (SSSR count). The van der Waals surface area contributed by atoms with E-state index in [9.17, 15) is 14.7 Å². The lowest BCUT2D eigenvalue weighted by Gasteiger charge is -2.28. The molecule has 0 saturated heterocycles. The van der Waals surface area contributed by atoms with E-state index in [1.807, 2.05) is 38.1 Å². The summed E-state index contributed by atoms with van der Waals surface area (Å²) >= 11 is 0. The van der Waals surface area contributed by atoms with Crippen molar-refractivity contribution in [2.75, 3.05) is 13.7 Å². The maximum atomic E-state index is 12.5. The van der Waals surface area contributed by atoms with Crippen LogP contribution in [-0.2, 0) is 9.53 Å². The Balaban J connectivity index is 1.77. The molecule has 1 aliphatic carbocycles. The number of benzene rings is 2. The Morgan fingerprint density at radius 2 is 1.59 bits per heavy atom. The zero-order valence-electron chi connectivity index (χ0n) is 15.9. The van der Waals surface area contributed by atoms with Crippen molar-refractivity contribution in [3.63, 3.8) is 0 Å². The number of fused-ring (bicyclic) bond motifs is 3. The number of nitrogens with zero attached hydrogens (tertiary/aromatic N) is 1. The summed E-state index contributed by atoms with van der Waals surface area (Å²) in [5.74, 6) is -1.21. The van der Waals surface area contributed by atoms with Crippen molar-refractivity contribution in [1.82, 2.24) is 4.90 Å². The van der Waals surface area contributed by atoms with E-state index in [1.165, 1.54) is 11.9 Å². The van der Waals surface area contributed by atoms with E-state index in [4.69, 9.17) is 4.74 Å². The fourth-order valence-electron chi connectivity index (χ4n) is 3.82. The minimum Gasteiger partial charge on any atom is -0.480 e. The van der Waals surface area contributed by atoms with Gasteiger partial charge in [0.1, 0.15) is 12.6 Å². The number of carboxylic acids is 1. The molecule has 2 aromatic rings. The number of aliphatic carboxylic acids is 1. The van der Waals surface area contributed by atoms with Crippen molar-refractivity contribution in [3.8, 4) is 11.1 Å². The lowest BCUT2D eigenvalue weighted by atomic mass is 9.98. The van der Waals surface area contributed by atoms with E-state index < -0.39 is 18.1 Å². The molecule has 0 aromatic heterocycles. The second kappa shape index (κ2) is 7.82. The fourth-order valence-corrected chi connectivity index (χ4v) is 3.82. The Kier molecular flexibility index (Phi) is 5.49. The third kappa shape index (κ3) is 3.54. The first-order valence-electron chi connectivity index (χ1n) is 9.26. The van der Waals surface area contributed by atoms with Crippen molar-refractivity contribution in [3.05, 3.63) is 59.7 Å². The quantitative estimate of drug-likeness (QED) is 0.823. The summed E-state index contributed by atoms with van der Waals surface area (Å²) in [5, 5.41) is 9.48. The average Bonchev–Trinajstić information content (AvgIpc) is 2.99. The monoisotopic (exact) mass is 367 g/mol. The second-order valence-electron chi connectivity index (χ2n) is 7.08. The van der Waals surface area contributed by atoms with Crippen molar-refractivity contribution in [1.29, 1.82) is 0 Å². The molecule has 27 heavy (non-hydrogen) atoms. The number of hydrogen-bond acceptors (Lipinski definition) is 3. The Morgan fingerprint density at radius 1 is 1.07 bits per heavy atom. The molecular formula is C22H25NO4. The molecular weight excluding hydrogens is 342 g/mol.